The van der Waals surface area contributed by atoms with Crippen molar-refractivity contribution in [1.82, 2.24) is 15.1 Å². The number of nitrogens with zero attached hydrogens (tertiary/aromatic N) is 3. The lowest BCUT2D eigenvalue weighted by Gasteiger charge is -2.22. The van der Waals surface area contributed by atoms with E-state index in [1.165, 1.54) is 0 Å². The van der Waals surface area contributed by atoms with E-state index in [1.807, 2.05) is 6.07 Å². The first kappa shape index (κ1) is 18.4. The zero-order valence-corrected chi connectivity index (χ0v) is 14.1. The number of nitrogens with one attached hydrogen (secondary N) is 1. The highest BCUT2D eigenvalue weighted by atomic mass is 16.3. The summed E-state index contributed by atoms with van der Waals surface area (Å²) in [6, 6.07) is 3.38. The third-order valence-electron chi connectivity index (χ3n) is 3.36. The fourth-order valence-electron chi connectivity index (χ4n) is 1.98. The van der Waals surface area contributed by atoms with E-state index in [1.54, 1.807) is 11.0 Å². The van der Waals surface area contributed by atoms with E-state index in [9.17, 15) is 4.79 Å². The van der Waals surface area contributed by atoms with Crippen molar-refractivity contribution in [2.75, 3.05) is 25.0 Å². The molecule has 0 saturated carbocycles. The minimum atomic E-state index is -0.247. The van der Waals surface area contributed by atoms with Crippen LogP contribution in [0.2, 0.25) is 0 Å². The van der Waals surface area contributed by atoms with E-state index >= 15 is 0 Å². The van der Waals surface area contributed by atoms with Crippen molar-refractivity contribution in [3.8, 4) is 0 Å². The van der Waals surface area contributed by atoms with E-state index in [0.717, 1.165) is 25.0 Å². The molecule has 0 bridgehead atoms. The molecule has 1 heterocycles. The topological polar surface area (TPSA) is 78.4 Å². The molecule has 0 atom stereocenters. The van der Waals surface area contributed by atoms with Gasteiger partial charge in [0, 0.05) is 18.5 Å². The molecule has 0 radical (unpaired) electrons. The van der Waals surface area contributed by atoms with Crippen LogP contribution in [0.1, 0.15) is 52.7 Å². The van der Waals surface area contributed by atoms with Crippen molar-refractivity contribution in [3.63, 3.8) is 0 Å². The smallest absolute Gasteiger partial charge is 0.323 e. The zero-order chi connectivity index (χ0) is 16.6. The number of hydrogen-bond acceptors (Lipinski definition) is 4. The number of amides is 2. The van der Waals surface area contributed by atoms with Crippen molar-refractivity contribution >= 4 is 11.8 Å². The molecule has 0 fully saturated rings. The van der Waals surface area contributed by atoms with Crippen molar-refractivity contribution in [3.05, 3.63) is 17.8 Å². The molecule has 2 N–H and O–H groups in total. The minimum Gasteiger partial charge on any atom is -0.395 e. The Kier molecular flexibility index (Phi) is 7.24. The predicted octanol–water partition coefficient (Wildman–Crippen LogP) is 2.79. The normalized spacial score (nSPS) is 11.3. The largest absolute Gasteiger partial charge is 0.395 e. The van der Waals surface area contributed by atoms with Crippen LogP contribution < -0.4 is 5.32 Å². The Balaban J connectivity index is 2.64. The van der Waals surface area contributed by atoms with Crippen LogP contribution in [-0.2, 0) is 5.41 Å². The number of aromatic nitrogens is 2. The maximum atomic E-state index is 12.2. The molecule has 0 aliphatic heterocycles. The number of anilines is 1. The van der Waals surface area contributed by atoms with Crippen LogP contribution in [0.3, 0.4) is 0 Å². The summed E-state index contributed by atoms with van der Waals surface area (Å²) in [6.45, 7) is 9.21. The van der Waals surface area contributed by atoms with Crippen LogP contribution in [0.15, 0.2) is 12.1 Å². The molecule has 0 aliphatic rings. The fourth-order valence-corrected chi connectivity index (χ4v) is 1.98. The highest BCUT2D eigenvalue weighted by Gasteiger charge is 2.17. The van der Waals surface area contributed by atoms with E-state index in [-0.39, 0.29) is 18.1 Å². The zero-order valence-electron chi connectivity index (χ0n) is 14.1. The first-order chi connectivity index (χ1) is 10.4. The van der Waals surface area contributed by atoms with E-state index in [4.69, 9.17) is 5.11 Å². The molecular formula is C16H28N4O2. The van der Waals surface area contributed by atoms with E-state index in [2.05, 4.69) is 43.2 Å². The van der Waals surface area contributed by atoms with Gasteiger partial charge in [0.15, 0.2) is 5.82 Å². The SMILES string of the molecule is CCCCCN(CCO)C(=O)Nc1ccc(C(C)(C)C)nn1. The molecule has 1 aromatic heterocycles. The quantitative estimate of drug-likeness (QED) is 0.759. The number of carbonyl (C=O) groups excluding carboxylic acids is 1. The number of aliphatic hydroxyl groups excluding tert-OH is 1. The first-order valence-electron chi connectivity index (χ1n) is 7.89. The number of hydrogen-bond donors (Lipinski definition) is 2. The highest BCUT2D eigenvalue weighted by molar-refractivity contribution is 5.88. The van der Waals surface area contributed by atoms with Gasteiger partial charge in [-0.05, 0) is 18.6 Å². The molecule has 1 aromatic rings. The Labute approximate surface area is 132 Å². The molecule has 0 aliphatic carbocycles. The summed E-state index contributed by atoms with van der Waals surface area (Å²) >= 11 is 0. The fraction of sp³-hybridized carbons (Fsp3) is 0.688. The summed E-state index contributed by atoms with van der Waals surface area (Å²) in [5, 5.41) is 20.0. The van der Waals surface area contributed by atoms with Gasteiger partial charge in [-0.15, -0.1) is 5.10 Å². The van der Waals surface area contributed by atoms with E-state index in [0.29, 0.717) is 18.9 Å². The van der Waals surface area contributed by atoms with Gasteiger partial charge in [0.2, 0.25) is 0 Å². The van der Waals surface area contributed by atoms with Crippen molar-refractivity contribution in [2.45, 2.75) is 52.4 Å². The van der Waals surface area contributed by atoms with Crippen LogP contribution in [0.25, 0.3) is 0 Å². The lowest BCUT2D eigenvalue weighted by Crippen LogP contribution is -2.38. The standard InChI is InChI=1S/C16H28N4O2/c1-5-6-7-10-20(11-12-21)15(22)17-14-9-8-13(18-19-14)16(2,3)4/h8-9,21H,5-7,10-12H2,1-4H3,(H,17,19,22). The molecule has 0 spiro atoms. The maximum Gasteiger partial charge on any atom is 0.323 e. The third-order valence-corrected chi connectivity index (χ3v) is 3.36. The van der Waals surface area contributed by atoms with Crippen LogP contribution in [-0.4, -0.2) is 45.9 Å². The van der Waals surface area contributed by atoms with Gasteiger partial charge in [0.25, 0.3) is 0 Å². The third kappa shape index (κ3) is 5.97. The average molecular weight is 308 g/mol. The molecule has 6 nitrogen and oxygen atoms in total. The van der Waals surface area contributed by atoms with Crippen molar-refractivity contribution < 1.29 is 9.90 Å². The number of urea groups is 1. The Morgan fingerprint density at radius 2 is 1.95 bits per heavy atom. The summed E-state index contributed by atoms with van der Waals surface area (Å²) in [5.41, 5.74) is 0.805. The number of carbonyl (C=O) groups is 1. The van der Waals surface area contributed by atoms with Gasteiger partial charge in [-0.3, -0.25) is 5.32 Å². The van der Waals surface area contributed by atoms with Crippen LogP contribution in [0.4, 0.5) is 10.6 Å². The second kappa shape index (κ2) is 8.68. The highest BCUT2D eigenvalue weighted by Crippen LogP contribution is 2.19. The van der Waals surface area contributed by atoms with Gasteiger partial charge >= 0.3 is 6.03 Å². The molecule has 1 rings (SSSR count). The second-order valence-corrected chi connectivity index (χ2v) is 6.40. The number of unbranched alkanes of at least 4 members (excludes halogenated alkanes) is 2. The minimum absolute atomic E-state index is 0.0474. The predicted molar refractivity (Wildman–Crippen MR) is 87.9 cm³/mol. The number of aliphatic hydroxyl groups is 1. The summed E-state index contributed by atoms with van der Waals surface area (Å²) in [5.74, 6) is 0.427. The lowest BCUT2D eigenvalue weighted by atomic mass is 9.92. The summed E-state index contributed by atoms with van der Waals surface area (Å²) in [7, 11) is 0. The van der Waals surface area contributed by atoms with Crippen LogP contribution in [0.5, 0.6) is 0 Å². The Morgan fingerprint density at radius 1 is 1.23 bits per heavy atom. The first-order valence-corrected chi connectivity index (χ1v) is 7.89. The Morgan fingerprint density at radius 3 is 2.45 bits per heavy atom. The molecule has 22 heavy (non-hydrogen) atoms. The molecule has 2 amide bonds. The van der Waals surface area contributed by atoms with Gasteiger partial charge in [0.05, 0.1) is 12.3 Å². The van der Waals surface area contributed by atoms with Gasteiger partial charge in [-0.25, -0.2) is 4.79 Å². The van der Waals surface area contributed by atoms with Crippen LogP contribution in [0, 0.1) is 0 Å². The van der Waals surface area contributed by atoms with Gasteiger partial charge in [-0.1, -0.05) is 40.5 Å². The Bertz CT molecular complexity index is 454. The molecule has 0 unspecified atom stereocenters. The maximum absolute atomic E-state index is 12.2. The summed E-state index contributed by atoms with van der Waals surface area (Å²) in [4.78, 5) is 13.8. The van der Waals surface area contributed by atoms with E-state index < -0.39 is 0 Å². The molecule has 6 heteroatoms. The Hall–Kier alpha value is -1.69. The summed E-state index contributed by atoms with van der Waals surface area (Å²) < 4.78 is 0. The average Bonchev–Trinajstić information content (AvgIpc) is 2.46. The monoisotopic (exact) mass is 308 g/mol. The van der Waals surface area contributed by atoms with Gasteiger partial charge < -0.3 is 10.0 Å². The second-order valence-electron chi connectivity index (χ2n) is 6.40. The van der Waals surface area contributed by atoms with Crippen molar-refractivity contribution in [1.29, 1.82) is 0 Å². The van der Waals surface area contributed by atoms with Crippen molar-refractivity contribution in [2.24, 2.45) is 0 Å². The molecular weight excluding hydrogens is 280 g/mol. The van der Waals surface area contributed by atoms with Gasteiger partial charge in [0.1, 0.15) is 0 Å². The number of rotatable bonds is 7. The summed E-state index contributed by atoms with van der Waals surface area (Å²) in [6.07, 6.45) is 3.09. The lowest BCUT2D eigenvalue weighted by molar-refractivity contribution is 0.187. The molecule has 0 aromatic carbocycles. The molecule has 124 valence electrons. The van der Waals surface area contributed by atoms with Crippen LogP contribution >= 0.6 is 0 Å². The molecule has 0 saturated heterocycles. The van der Waals surface area contributed by atoms with Gasteiger partial charge in [-0.2, -0.15) is 5.10 Å².